The summed E-state index contributed by atoms with van der Waals surface area (Å²) in [5, 5.41) is 15.6. The van der Waals surface area contributed by atoms with E-state index in [1.54, 1.807) is 0 Å². The van der Waals surface area contributed by atoms with E-state index in [1.807, 2.05) is 27.7 Å². The van der Waals surface area contributed by atoms with Crippen LogP contribution in [0.3, 0.4) is 0 Å². The SMILES string of the molecule is CC(C)(CON)C(O)C(C)(C)CSSN. The Balaban J connectivity index is 4.44. The van der Waals surface area contributed by atoms with E-state index in [-0.39, 0.29) is 10.8 Å². The molecule has 0 amide bonds. The Hall–Kier alpha value is 0.540. The molecule has 0 saturated heterocycles. The molecule has 0 aliphatic heterocycles. The third-order valence-electron chi connectivity index (χ3n) is 2.43. The van der Waals surface area contributed by atoms with Crippen molar-refractivity contribution in [2.75, 3.05) is 12.4 Å². The third kappa shape index (κ3) is 4.93. The fraction of sp³-hybridized carbons (Fsp3) is 1.00. The molecule has 0 rings (SSSR count). The monoisotopic (exact) mass is 254 g/mol. The fourth-order valence-corrected chi connectivity index (χ4v) is 3.26. The fourth-order valence-electron chi connectivity index (χ4n) is 1.62. The van der Waals surface area contributed by atoms with Crippen LogP contribution < -0.4 is 11.0 Å². The predicted octanol–water partition coefficient (Wildman–Crippen LogP) is 1.55. The summed E-state index contributed by atoms with van der Waals surface area (Å²) in [6.45, 7) is 8.23. The highest BCUT2D eigenvalue weighted by molar-refractivity contribution is 8.75. The first-order valence-electron chi connectivity index (χ1n) is 4.76. The van der Waals surface area contributed by atoms with E-state index >= 15 is 0 Å². The number of nitrogens with two attached hydrogens (primary N) is 2. The summed E-state index contributed by atoms with van der Waals surface area (Å²) in [6, 6.07) is 0. The van der Waals surface area contributed by atoms with Crippen molar-refractivity contribution in [3.8, 4) is 0 Å². The van der Waals surface area contributed by atoms with Gasteiger partial charge in [0.05, 0.1) is 12.7 Å². The zero-order chi connectivity index (χ0) is 12.1. The molecular formula is C9H22N2O2S2. The molecule has 1 atom stereocenters. The van der Waals surface area contributed by atoms with Gasteiger partial charge in [0.15, 0.2) is 0 Å². The van der Waals surface area contributed by atoms with Crippen LogP contribution in [-0.4, -0.2) is 23.6 Å². The predicted molar refractivity (Wildman–Crippen MR) is 67.9 cm³/mol. The summed E-state index contributed by atoms with van der Waals surface area (Å²) in [5.41, 5.74) is -0.586. The largest absolute Gasteiger partial charge is 0.392 e. The van der Waals surface area contributed by atoms with Crippen LogP contribution in [-0.2, 0) is 4.84 Å². The zero-order valence-electron chi connectivity index (χ0n) is 9.82. The van der Waals surface area contributed by atoms with Gasteiger partial charge in [0.2, 0.25) is 0 Å². The van der Waals surface area contributed by atoms with Crippen molar-refractivity contribution in [1.29, 1.82) is 0 Å². The van der Waals surface area contributed by atoms with Crippen molar-refractivity contribution in [3.63, 3.8) is 0 Å². The molecule has 0 radical (unpaired) electrons. The molecule has 0 spiro atoms. The van der Waals surface area contributed by atoms with Gasteiger partial charge in [-0.1, -0.05) is 38.5 Å². The van der Waals surface area contributed by atoms with Crippen molar-refractivity contribution in [2.45, 2.75) is 33.8 Å². The minimum atomic E-state index is -0.492. The maximum Gasteiger partial charge on any atom is 0.0755 e. The molecule has 0 aromatic carbocycles. The van der Waals surface area contributed by atoms with Gasteiger partial charge in [-0.05, 0) is 11.0 Å². The van der Waals surface area contributed by atoms with Gasteiger partial charge >= 0.3 is 0 Å². The Morgan fingerprint density at radius 1 is 1.27 bits per heavy atom. The molecule has 0 aromatic heterocycles. The van der Waals surface area contributed by atoms with Gasteiger partial charge < -0.3 is 9.94 Å². The van der Waals surface area contributed by atoms with Crippen molar-refractivity contribution in [2.24, 2.45) is 21.9 Å². The van der Waals surface area contributed by atoms with Crippen molar-refractivity contribution in [1.82, 2.24) is 0 Å². The van der Waals surface area contributed by atoms with Crippen LogP contribution in [0.1, 0.15) is 27.7 Å². The molecule has 0 saturated carbocycles. The summed E-state index contributed by atoms with van der Waals surface area (Å²) in [4.78, 5) is 4.63. The summed E-state index contributed by atoms with van der Waals surface area (Å²) >= 11 is 0. The van der Waals surface area contributed by atoms with E-state index in [4.69, 9.17) is 11.0 Å². The van der Waals surface area contributed by atoms with Crippen molar-refractivity contribution >= 4 is 21.8 Å². The summed E-state index contributed by atoms with van der Waals surface area (Å²) in [7, 11) is 2.76. The van der Waals surface area contributed by atoms with Gasteiger partial charge in [-0.15, -0.1) is 0 Å². The smallest absolute Gasteiger partial charge is 0.0755 e. The Morgan fingerprint density at radius 3 is 2.20 bits per heavy atom. The van der Waals surface area contributed by atoms with Gasteiger partial charge in [-0.2, -0.15) is 0 Å². The molecule has 0 bridgehead atoms. The first-order chi connectivity index (χ1) is 6.78. The number of aliphatic hydroxyl groups excluding tert-OH is 1. The number of hydrogen-bond acceptors (Lipinski definition) is 6. The van der Waals surface area contributed by atoms with Gasteiger partial charge in [0.25, 0.3) is 0 Å². The highest BCUT2D eigenvalue weighted by atomic mass is 33.1. The Kier molecular flexibility index (Phi) is 6.55. The molecule has 0 aliphatic carbocycles. The second kappa shape index (κ2) is 6.32. The molecule has 5 N–H and O–H groups in total. The quantitative estimate of drug-likeness (QED) is 0.363. The Bertz CT molecular complexity index is 189. The maximum atomic E-state index is 10.3. The lowest BCUT2D eigenvalue weighted by atomic mass is 9.73. The summed E-state index contributed by atoms with van der Waals surface area (Å²) in [5.74, 6) is 5.84. The van der Waals surface area contributed by atoms with E-state index in [2.05, 4.69) is 4.84 Å². The molecule has 0 heterocycles. The first kappa shape index (κ1) is 15.5. The molecule has 6 heteroatoms. The van der Waals surface area contributed by atoms with Crippen LogP contribution in [0, 0.1) is 10.8 Å². The van der Waals surface area contributed by atoms with E-state index in [1.165, 1.54) is 21.8 Å². The lowest BCUT2D eigenvalue weighted by molar-refractivity contribution is -0.0731. The van der Waals surface area contributed by atoms with E-state index in [9.17, 15) is 5.11 Å². The molecule has 0 fully saturated rings. The average molecular weight is 254 g/mol. The minimum absolute atomic E-state index is 0.223. The van der Waals surface area contributed by atoms with Gasteiger partial charge in [0, 0.05) is 16.6 Å². The van der Waals surface area contributed by atoms with Crippen molar-refractivity contribution < 1.29 is 9.94 Å². The lowest BCUT2D eigenvalue weighted by Gasteiger charge is -2.40. The second-order valence-electron chi connectivity index (χ2n) is 5.05. The van der Waals surface area contributed by atoms with Crippen LogP contribution in [0.2, 0.25) is 0 Å². The summed E-state index contributed by atoms with van der Waals surface area (Å²) in [6.07, 6.45) is -0.492. The topological polar surface area (TPSA) is 81.5 Å². The molecule has 15 heavy (non-hydrogen) atoms. The number of rotatable bonds is 7. The van der Waals surface area contributed by atoms with Crippen LogP contribution >= 0.6 is 21.8 Å². The lowest BCUT2D eigenvalue weighted by Crippen LogP contribution is -2.45. The Labute approximate surface area is 100.0 Å². The normalized spacial score (nSPS) is 15.4. The highest BCUT2D eigenvalue weighted by Crippen LogP contribution is 2.38. The second-order valence-corrected chi connectivity index (χ2v) is 7.05. The van der Waals surface area contributed by atoms with Crippen molar-refractivity contribution in [3.05, 3.63) is 0 Å². The molecule has 0 aliphatic rings. The minimum Gasteiger partial charge on any atom is -0.392 e. The van der Waals surface area contributed by atoms with E-state index in [0.717, 1.165) is 5.75 Å². The Morgan fingerprint density at radius 2 is 1.80 bits per heavy atom. The zero-order valence-corrected chi connectivity index (χ0v) is 11.5. The summed E-state index contributed by atoms with van der Waals surface area (Å²) < 4.78 is 0. The van der Waals surface area contributed by atoms with E-state index in [0.29, 0.717) is 6.61 Å². The van der Waals surface area contributed by atoms with E-state index < -0.39 is 6.10 Å². The molecular weight excluding hydrogens is 232 g/mol. The van der Waals surface area contributed by atoms with Gasteiger partial charge in [0.1, 0.15) is 0 Å². The molecule has 92 valence electrons. The van der Waals surface area contributed by atoms with Gasteiger partial charge in [-0.25, -0.2) is 5.90 Å². The van der Waals surface area contributed by atoms with Crippen LogP contribution in [0.4, 0.5) is 0 Å². The molecule has 0 aromatic rings. The van der Waals surface area contributed by atoms with Crippen LogP contribution in [0.25, 0.3) is 0 Å². The number of aliphatic hydroxyl groups is 1. The van der Waals surface area contributed by atoms with Crippen LogP contribution in [0.5, 0.6) is 0 Å². The molecule has 4 nitrogen and oxygen atoms in total. The van der Waals surface area contributed by atoms with Gasteiger partial charge in [-0.3, -0.25) is 5.14 Å². The number of hydrogen-bond donors (Lipinski definition) is 3. The van der Waals surface area contributed by atoms with Crippen LogP contribution in [0.15, 0.2) is 0 Å². The molecule has 1 unspecified atom stereocenters. The highest BCUT2D eigenvalue weighted by Gasteiger charge is 2.39. The third-order valence-corrected chi connectivity index (χ3v) is 4.19. The average Bonchev–Trinajstić information content (AvgIpc) is 2.13. The first-order valence-corrected chi connectivity index (χ1v) is 7.14. The standard InChI is InChI=1S/C9H22N2O2S2/c1-8(2,5-13-10)7(12)9(3,4)6-14-15-11/h7,12H,5-6,10-11H2,1-4H3. The maximum absolute atomic E-state index is 10.3.